The van der Waals surface area contributed by atoms with E-state index >= 15 is 0 Å². The van der Waals surface area contributed by atoms with E-state index in [1.165, 1.54) is 11.1 Å². The molecule has 0 aromatic heterocycles. The molecule has 1 N–H and O–H groups in total. The lowest BCUT2D eigenvalue weighted by Gasteiger charge is -2.04. The van der Waals surface area contributed by atoms with Crippen molar-refractivity contribution in [3.63, 3.8) is 0 Å². The molecule has 0 radical (unpaired) electrons. The Morgan fingerprint density at radius 3 is 3.00 bits per heavy atom. The van der Waals surface area contributed by atoms with E-state index in [1.807, 2.05) is 0 Å². The fourth-order valence-electron chi connectivity index (χ4n) is 2.07. The number of carbonyl (C=O) groups excluding carboxylic acids is 1. The van der Waals surface area contributed by atoms with Crippen molar-refractivity contribution in [2.24, 2.45) is 5.92 Å². The van der Waals surface area contributed by atoms with Gasteiger partial charge >= 0.3 is 0 Å². The fourth-order valence-corrected chi connectivity index (χ4v) is 2.21. The van der Waals surface area contributed by atoms with Gasteiger partial charge in [0.1, 0.15) is 0 Å². The van der Waals surface area contributed by atoms with Gasteiger partial charge in [0.2, 0.25) is 5.91 Å². The van der Waals surface area contributed by atoms with Crippen molar-refractivity contribution >= 4 is 21.8 Å². The average Bonchev–Trinajstić information content (AvgIpc) is 3.05. The molecular formula is C14H16BrNO. The number of hydrogen-bond acceptors (Lipinski definition) is 1. The molecule has 17 heavy (non-hydrogen) atoms. The Bertz CT molecular complexity index is 455. The van der Waals surface area contributed by atoms with Crippen molar-refractivity contribution in [1.29, 1.82) is 0 Å². The lowest BCUT2D eigenvalue weighted by atomic mass is 10.1. The first kappa shape index (κ1) is 12.4. The number of carbonyl (C=O) groups is 1. The molecule has 0 heterocycles. The molecule has 0 aliphatic heterocycles. The maximum Gasteiger partial charge on any atom is 0.224 e. The maximum atomic E-state index is 11.8. The normalized spacial score (nSPS) is 22.0. The zero-order chi connectivity index (χ0) is 12.4. The molecule has 1 saturated carbocycles. The van der Waals surface area contributed by atoms with Crippen LogP contribution in [0.2, 0.25) is 0 Å². The highest BCUT2D eigenvalue weighted by Gasteiger charge is 2.43. The van der Waals surface area contributed by atoms with Gasteiger partial charge in [0.05, 0.1) is 0 Å². The van der Waals surface area contributed by atoms with Gasteiger partial charge in [-0.05, 0) is 24.8 Å². The molecule has 2 rings (SSSR count). The van der Waals surface area contributed by atoms with Crippen LogP contribution in [0, 0.1) is 12.8 Å². The topological polar surface area (TPSA) is 29.1 Å². The van der Waals surface area contributed by atoms with Crippen LogP contribution in [0.1, 0.15) is 23.5 Å². The molecule has 0 spiro atoms. The monoisotopic (exact) mass is 293 g/mol. The fraction of sp³-hybridized carbons (Fsp3) is 0.357. The largest absolute Gasteiger partial charge is 0.351 e. The van der Waals surface area contributed by atoms with Crippen molar-refractivity contribution in [2.75, 3.05) is 6.54 Å². The SMILES string of the molecule is C=C(Br)CNC(=O)[C@@H]1C[C@@H]1c1cccc(C)c1. The summed E-state index contributed by atoms with van der Waals surface area (Å²) in [6.45, 7) is 6.29. The molecule has 2 atom stereocenters. The second kappa shape index (κ2) is 5.05. The smallest absolute Gasteiger partial charge is 0.224 e. The van der Waals surface area contributed by atoms with Gasteiger partial charge in [-0.15, -0.1) is 0 Å². The molecule has 1 aromatic carbocycles. The Kier molecular flexibility index (Phi) is 3.67. The zero-order valence-electron chi connectivity index (χ0n) is 9.87. The Hall–Kier alpha value is -1.09. The molecule has 1 aromatic rings. The van der Waals surface area contributed by atoms with Gasteiger partial charge in [0.15, 0.2) is 0 Å². The van der Waals surface area contributed by atoms with Crippen LogP contribution in [0.25, 0.3) is 0 Å². The highest BCUT2D eigenvalue weighted by atomic mass is 79.9. The molecule has 1 aliphatic carbocycles. The Morgan fingerprint density at radius 1 is 1.59 bits per heavy atom. The molecule has 2 nitrogen and oxygen atoms in total. The minimum Gasteiger partial charge on any atom is -0.351 e. The van der Waals surface area contributed by atoms with Crippen molar-refractivity contribution in [2.45, 2.75) is 19.3 Å². The Morgan fingerprint density at radius 2 is 2.35 bits per heavy atom. The van der Waals surface area contributed by atoms with Gasteiger partial charge in [-0.1, -0.05) is 52.3 Å². The molecule has 3 heteroatoms. The lowest BCUT2D eigenvalue weighted by Crippen LogP contribution is -2.26. The summed E-state index contributed by atoms with van der Waals surface area (Å²) in [6.07, 6.45) is 0.962. The first-order valence-corrected chi connectivity index (χ1v) is 6.55. The van der Waals surface area contributed by atoms with Gasteiger partial charge in [-0.3, -0.25) is 4.79 Å². The first-order valence-electron chi connectivity index (χ1n) is 5.75. The molecular weight excluding hydrogens is 278 g/mol. The highest BCUT2D eigenvalue weighted by molar-refractivity contribution is 9.11. The number of aryl methyl sites for hydroxylation is 1. The van der Waals surface area contributed by atoms with Crippen LogP contribution in [-0.4, -0.2) is 12.5 Å². The summed E-state index contributed by atoms with van der Waals surface area (Å²) in [5.74, 6) is 0.680. The standard InChI is InChI=1S/C14H16BrNO/c1-9-4-3-5-11(6-9)12-7-13(12)14(17)16-8-10(2)15/h3-6,12-13H,2,7-8H2,1H3,(H,16,17)/t12-,13-/m1/s1. The molecule has 0 bridgehead atoms. The molecule has 0 unspecified atom stereocenters. The van der Waals surface area contributed by atoms with Gasteiger partial charge in [-0.25, -0.2) is 0 Å². The number of nitrogens with one attached hydrogen (secondary N) is 1. The van der Waals surface area contributed by atoms with Crippen LogP contribution >= 0.6 is 15.9 Å². The summed E-state index contributed by atoms with van der Waals surface area (Å²) in [5, 5.41) is 2.87. The number of halogens is 1. The molecule has 1 amide bonds. The average molecular weight is 294 g/mol. The predicted molar refractivity (Wildman–Crippen MR) is 73.1 cm³/mol. The molecule has 90 valence electrons. The van der Waals surface area contributed by atoms with Gasteiger partial charge in [-0.2, -0.15) is 0 Å². The van der Waals surface area contributed by atoms with E-state index in [0.717, 1.165) is 10.9 Å². The first-order chi connectivity index (χ1) is 8.08. The van der Waals surface area contributed by atoms with Crippen LogP contribution < -0.4 is 5.32 Å². The summed E-state index contributed by atoms with van der Waals surface area (Å²) >= 11 is 3.23. The summed E-state index contributed by atoms with van der Waals surface area (Å²) in [5.41, 5.74) is 2.53. The van der Waals surface area contributed by atoms with Gasteiger partial charge in [0, 0.05) is 16.9 Å². The van der Waals surface area contributed by atoms with E-state index in [9.17, 15) is 4.79 Å². The number of hydrogen-bond donors (Lipinski definition) is 1. The lowest BCUT2D eigenvalue weighted by molar-refractivity contribution is -0.122. The van der Waals surface area contributed by atoms with E-state index in [4.69, 9.17) is 0 Å². The third-order valence-electron chi connectivity index (χ3n) is 3.05. The predicted octanol–water partition coefficient (Wildman–Crippen LogP) is 3.12. The molecule has 1 aliphatic rings. The summed E-state index contributed by atoms with van der Waals surface area (Å²) < 4.78 is 0.804. The van der Waals surface area contributed by atoms with Crippen LogP contribution in [-0.2, 0) is 4.79 Å². The highest BCUT2D eigenvalue weighted by Crippen LogP contribution is 2.47. The summed E-state index contributed by atoms with van der Waals surface area (Å²) in [4.78, 5) is 11.8. The van der Waals surface area contributed by atoms with Crippen LogP contribution in [0.3, 0.4) is 0 Å². The second-order valence-corrected chi connectivity index (χ2v) is 5.72. The molecule has 1 fully saturated rings. The van der Waals surface area contributed by atoms with E-state index in [0.29, 0.717) is 12.5 Å². The Labute approximate surface area is 110 Å². The van der Waals surface area contributed by atoms with Crippen molar-refractivity contribution in [3.8, 4) is 0 Å². The van der Waals surface area contributed by atoms with Crippen LogP contribution in [0.5, 0.6) is 0 Å². The van der Waals surface area contributed by atoms with E-state index in [-0.39, 0.29) is 11.8 Å². The third kappa shape index (κ3) is 3.19. The van der Waals surface area contributed by atoms with E-state index < -0.39 is 0 Å². The maximum absolute atomic E-state index is 11.8. The minimum atomic E-state index is 0.136. The zero-order valence-corrected chi connectivity index (χ0v) is 11.5. The quantitative estimate of drug-likeness (QED) is 0.908. The van der Waals surface area contributed by atoms with E-state index in [2.05, 4.69) is 59.0 Å². The van der Waals surface area contributed by atoms with Crippen molar-refractivity contribution < 1.29 is 4.79 Å². The second-order valence-electron chi connectivity index (χ2n) is 4.60. The van der Waals surface area contributed by atoms with Crippen molar-refractivity contribution in [3.05, 3.63) is 46.5 Å². The Balaban J connectivity index is 1.92. The van der Waals surface area contributed by atoms with Crippen LogP contribution in [0.4, 0.5) is 0 Å². The number of rotatable bonds is 4. The van der Waals surface area contributed by atoms with Gasteiger partial charge < -0.3 is 5.32 Å². The van der Waals surface area contributed by atoms with Crippen molar-refractivity contribution in [1.82, 2.24) is 5.32 Å². The number of benzene rings is 1. The summed E-state index contributed by atoms with van der Waals surface area (Å²) in [6, 6.07) is 8.41. The summed E-state index contributed by atoms with van der Waals surface area (Å²) in [7, 11) is 0. The van der Waals surface area contributed by atoms with E-state index in [1.54, 1.807) is 0 Å². The third-order valence-corrected chi connectivity index (χ3v) is 3.33. The molecule has 0 saturated heterocycles. The van der Waals surface area contributed by atoms with Crippen LogP contribution in [0.15, 0.2) is 35.3 Å². The minimum absolute atomic E-state index is 0.136. The van der Waals surface area contributed by atoms with Gasteiger partial charge in [0.25, 0.3) is 0 Å². The number of amides is 1.